The number of halogens is 1. The van der Waals surface area contributed by atoms with Crippen LogP contribution in [0, 0.1) is 5.92 Å². The molecule has 3 aromatic carbocycles. The molecule has 0 radical (unpaired) electrons. The van der Waals surface area contributed by atoms with Crippen LogP contribution in [0.4, 0.5) is 15.5 Å². The fourth-order valence-electron chi connectivity index (χ4n) is 7.38. The van der Waals surface area contributed by atoms with E-state index >= 15 is 4.11 Å². The highest BCUT2D eigenvalue weighted by atomic mass is 28.4. The Kier molecular flexibility index (Phi) is 7.10. The number of amides is 1. The van der Waals surface area contributed by atoms with E-state index in [1.54, 1.807) is 34.9 Å². The van der Waals surface area contributed by atoms with Crippen LogP contribution in [0.25, 0.3) is 16.6 Å². The lowest BCUT2D eigenvalue weighted by Crippen LogP contribution is -2.44. The molecule has 0 aliphatic carbocycles. The topological polar surface area (TPSA) is 118 Å². The average Bonchev–Trinajstić information content (AvgIpc) is 3.76. The van der Waals surface area contributed by atoms with E-state index in [9.17, 15) is 14.7 Å². The largest absolute Gasteiger partial charge is 0.396 e. The van der Waals surface area contributed by atoms with Crippen LogP contribution >= 0.6 is 0 Å². The summed E-state index contributed by atoms with van der Waals surface area (Å²) >= 11 is 0. The highest BCUT2D eigenvalue weighted by Gasteiger charge is 2.67. The molecule has 12 heteroatoms. The molecule has 1 spiro atoms. The number of anilines is 2. The Balaban J connectivity index is 1.35. The minimum atomic E-state index is -3.39. The summed E-state index contributed by atoms with van der Waals surface area (Å²) in [4.78, 5) is 29.9. The highest BCUT2D eigenvalue weighted by molar-refractivity contribution is 6.72. The van der Waals surface area contributed by atoms with Crippen molar-refractivity contribution in [2.75, 3.05) is 11.5 Å². The number of nitrogens with one attached hydrogen (secondary N) is 1. The van der Waals surface area contributed by atoms with E-state index in [1.807, 2.05) is 73.7 Å². The number of aromatic amines is 1. The van der Waals surface area contributed by atoms with Crippen molar-refractivity contribution in [3.05, 3.63) is 101 Å². The van der Waals surface area contributed by atoms with Crippen molar-refractivity contribution < 1.29 is 18.7 Å². The number of para-hydroxylation sites is 2. The number of benzene rings is 3. The third-order valence-electron chi connectivity index (χ3n) is 9.31. The van der Waals surface area contributed by atoms with E-state index in [0.29, 0.717) is 58.6 Å². The van der Waals surface area contributed by atoms with Gasteiger partial charge in [-0.25, -0.2) is 4.68 Å². The molecule has 0 saturated carbocycles. The van der Waals surface area contributed by atoms with Crippen LogP contribution in [0.5, 0.6) is 0 Å². The average molecular weight is 627 g/mol. The molecule has 2 aliphatic rings. The number of aryl methyl sites for hydroxylation is 1. The number of rotatable bonds is 8. The first-order chi connectivity index (χ1) is 21.6. The smallest absolute Gasteiger partial charge is 0.279 e. The first-order valence-corrected chi connectivity index (χ1v) is 18.2. The van der Waals surface area contributed by atoms with Crippen molar-refractivity contribution in [1.29, 1.82) is 0 Å². The number of aliphatic hydroxyl groups is 1. The first kappa shape index (κ1) is 29.3. The van der Waals surface area contributed by atoms with Gasteiger partial charge in [-0.15, -0.1) is 5.10 Å². The molecule has 2 N–H and O–H groups in total. The predicted molar refractivity (Wildman–Crippen MR) is 171 cm³/mol. The molecular weight excluding hydrogens is 591 g/mol. The Morgan fingerprint density at radius 1 is 1.04 bits per heavy atom. The molecule has 7 rings (SSSR count). The number of H-pyrrole nitrogens is 1. The molecule has 2 aliphatic heterocycles. The summed E-state index contributed by atoms with van der Waals surface area (Å²) in [7, 11) is -3.39. The molecule has 0 bridgehead atoms. The second-order valence-electron chi connectivity index (χ2n) is 12.5. The van der Waals surface area contributed by atoms with Crippen LogP contribution in [0.1, 0.15) is 24.6 Å². The van der Waals surface area contributed by atoms with Crippen LogP contribution in [-0.2, 0) is 28.1 Å². The van der Waals surface area contributed by atoms with E-state index < -0.39 is 31.6 Å². The van der Waals surface area contributed by atoms with Crippen molar-refractivity contribution in [2.45, 2.75) is 56.7 Å². The van der Waals surface area contributed by atoms with Crippen molar-refractivity contribution in [1.82, 2.24) is 24.8 Å². The Morgan fingerprint density at radius 2 is 1.80 bits per heavy atom. The maximum atomic E-state index is 16.3. The number of ether oxygens (including phenoxy) is 1. The van der Waals surface area contributed by atoms with Gasteiger partial charge in [0.2, 0.25) is 8.41 Å². The van der Waals surface area contributed by atoms with Gasteiger partial charge in [0.15, 0.2) is 5.60 Å². The molecule has 2 aromatic heterocycles. The number of hydrogen-bond donors (Lipinski definition) is 2. The summed E-state index contributed by atoms with van der Waals surface area (Å²) in [6.45, 7) is 5.66. The first-order valence-electron chi connectivity index (χ1n) is 15.2. The number of carbonyl (C=O) groups is 1. The number of nitrogens with zero attached hydrogens (tertiary/aromatic N) is 5. The van der Waals surface area contributed by atoms with E-state index in [0.717, 1.165) is 0 Å². The van der Waals surface area contributed by atoms with Crippen LogP contribution in [0.15, 0.2) is 83.8 Å². The van der Waals surface area contributed by atoms with Gasteiger partial charge in [-0.1, -0.05) is 42.5 Å². The zero-order chi connectivity index (χ0) is 31.5. The molecule has 1 amide bonds. The van der Waals surface area contributed by atoms with Crippen molar-refractivity contribution in [2.24, 2.45) is 5.92 Å². The molecule has 1 fully saturated rings. The van der Waals surface area contributed by atoms with Gasteiger partial charge in [0, 0.05) is 48.5 Å². The van der Waals surface area contributed by atoms with Gasteiger partial charge in [-0.3, -0.25) is 24.3 Å². The number of aliphatic hydroxyl groups excluding tert-OH is 1. The van der Waals surface area contributed by atoms with Crippen LogP contribution in [0.2, 0.25) is 18.6 Å². The van der Waals surface area contributed by atoms with Crippen molar-refractivity contribution in [3.63, 3.8) is 0 Å². The zero-order valence-corrected chi connectivity index (χ0v) is 26.4. The fraction of sp³-hybridized carbons (Fsp3) is 0.333. The molecule has 4 heterocycles. The van der Waals surface area contributed by atoms with Gasteiger partial charge in [0.1, 0.15) is 0 Å². The van der Waals surface area contributed by atoms with E-state index in [1.165, 1.54) is 4.68 Å². The van der Waals surface area contributed by atoms with E-state index in [4.69, 9.17) is 4.74 Å². The van der Waals surface area contributed by atoms with Gasteiger partial charge < -0.3 is 14.0 Å². The van der Waals surface area contributed by atoms with E-state index in [2.05, 4.69) is 15.4 Å². The number of hydrogen-bond acceptors (Lipinski definition) is 6. The summed E-state index contributed by atoms with van der Waals surface area (Å²) in [5.41, 5.74) is 1.71. The van der Waals surface area contributed by atoms with Gasteiger partial charge in [0.25, 0.3) is 11.5 Å². The third-order valence-corrected chi connectivity index (χ3v) is 11.8. The Morgan fingerprint density at radius 3 is 2.53 bits per heavy atom. The molecule has 4 atom stereocenters. The van der Waals surface area contributed by atoms with E-state index in [-0.39, 0.29) is 18.1 Å². The Bertz CT molecular complexity index is 1950. The van der Waals surface area contributed by atoms with Gasteiger partial charge >= 0.3 is 0 Å². The SMILES string of the molecule is C[C@@H]1[C@@H]([Si](C)(C)F)[C@H](CCn2cc(CCO)nn2)O[C@@]12C(=O)N(c1ccccc1)c1ccc(-n3[nH]c4ccccc4c3=O)cc12. The zero-order valence-electron chi connectivity index (χ0n) is 25.4. The number of aromatic nitrogens is 5. The molecule has 10 nitrogen and oxygen atoms in total. The molecule has 5 aromatic rings. The maximum absolute atomic E-state index is 16.3. The summed E-state index contributed by atoms with van der Waals surface area (Å²) in [5, 5.41) is 21.3. The summed E-state index contributed by atoms with van der Waals surface area (Å²) in [6.07, 6.45) is 2.03. The van der Waals surface area contributed by atoms with Gasteiger partial charge in [-0.2, -0.15) is 0 Å². The lowest BCUT2D eigenvalue weighted by Gasteiger charge is -2.31. The molecular formula is C33H35FN6O4Si. The lowest BCUT2D eigenvalue weighted by atomic mass is 9.82. The second kappa shape index (κ2) is 10.9. The highest BCUT2D eigenvalue weighted by Crippen LogP contribution is 2.61. The standard InChI is InChI=1S/C33H35FN6O4Si/c1-21-30(45(2,3)34)29(15-17-38-20-22(16-18-41)35-37-38)44-33(21)26-19-24(40-31(42)25-11-7-8-12-27(25)36-40)13-14-28(26)39(32(33)43)23-9-5-4-6-10-23/h4-14,19-21,29-30,36,41H,15-18H2,1-3H3/t21-,29+,30-,33+/m1/s1. The van der Waals surface area contributed by atoms with Crippen molar-refractivity contribution >= 4 is 36.6 Å². The van der Waals surface area contributed by atoms with Crippen molar-refractivity contribution in [3.8, 4) is 5.69 Å². The van der Waals surface area contributed by atoms with Gasteiger partial charge in [0.05, 0.1) is 34.1 Å². The summed E-state index contributed by atoms with van der Waals surface area (Å²) < 4.78 is 26.4. The lowest BCUT2D eigenvalue weighted by molar-refractivity contribution is -0.145. The monoisotopic (exact) mass is 626 g/mol. The summed E-state index contributed by atoms with van der Waals surface area (Å²) in [6, 6.07) is 22.2. The third kappa shape index (κ3) is 4.66. The molecule has 1 saturated heterocycles. The minimum Gasteiger partial charge on any atom is -0.396 e. The number of fused-ring (bicyclic) bond motifs is 3. The van der Waals surface area contributed by atoms with Crippen LogP contribution in [0.3, 0.4) is 0 Å². The molecule has 232 valence electrons. The summed E-state index contributed by atoms with van der Waals surface area (Å²) in [5.74, 6) is -0.765. The quantitative estimate of drug-likeness (QED) is 0.185. The van der Waals surface area contributed by atoms with Gasteiger partial charge in [-0.05, 0) is 62.0 Å². The Labute approximate surface area is 260 Å². The normalized spacial score (nSPS) is 23.0. The second-order valence-corrected chi connectivity index (χ2v) is 16.3. The predicted octanol–water partition coefficient (Wildman–Crippen LogP) is 4.99. The maximum Gasteiger partial charge on any atom is 0.279 e. The Hall–Kier alpha value is -4.39. The van der Waals surface area contributed by atoms with Crippen LogP contribution in [-0.4, -0.2) is 56.9 Å². The minimum absolute atomic E-state index is 0.0275. The fourth-order valence-corrected chi connectivity index (χ4v) is 9.92. The van der Waals surface area contributed by atoms with Crippen LogP contribution < -0.4 is 10.5 Å². The number of carbonyl (C=O) groups excluding carboxylic acids is 1. The molecule has 45 heavy (non-hydrogen) atoms. The molecule has 0 unspecified atom stereocenters.